The van der Waals surface area contributed by atoms with Gasteiger partial charge in [0.05, 0.1) is 35.8 Å². The second kappa shape index (κ2) is 5.76. The maximum atomic E-state index is 9.19. The summed E-state index contributed by atoms with van der Waals surface area (Å²) in [4.78, 5) is 4.38. The third kappa shape index (κ3) is 2.86. The third-order valence-electron chi connectivity index (χ3n) is 3.40. The Morgan fingerprint density at radius 2 is 2.14 bits per heavy atom. The van der Waals surface area contributed by atoms with Gasteiger partial charge in [0.15, 0.2) is 0 Å². The van der Waals surface area contributed by atoms with E-state index in [1.54, 1.807) is 6.07 Å². The van der Waals surface area contributed by atoms with Crippen molar-refractivity contribution in [2.24, 2.45) is 0 Å². The maximum Gasteiger partial charge on any atom is 0.136 e. The Balaban J connectivity index is 1.85. The molecular formula is C16H16ClN3O. The number of aromatic nitrogens is 2. The number of pyridine rings is 1. The monoisotopic (exact) mass is 301 g/mol. The molecule has 2 heterocycles. The van der Waals surface area contributed by atoms with Gasteiger partial charge in [-0.05, 0) is 36.2 Å². The van der Waals surface area contributed by atoms with Gasteiger partial charge in [0.1, 0.15) is 5.65 Å². The van der Waals surface area contributed by atoms with Crippen LogP contribution in [0.15, 0.2) is 42.7 Å². The maximum absolute atomic E-state index is 9.19. The Kier molecular flexibility index (Phi) is 3.82. The van der Waals surface area contributed by atoms with Crippen LogP contribution in [-0.2, 0) is 13.2 Å². The Morgan fingerprint density at radius 1 is 1.29 bits per heavy atom. The first-order chi connectivity index (χ1) is 10.2. The lowest BCUT2D eigenvalue weighted by atomic mass is 10.2. The van der Waals surface area contributed by atoms with E-state index in [2.05, 4.69) is 27.8 Å². The molecule has 0 spiro atoms. The number of nitrogens with one attached hydrogen (secondary N) is 1. The Morgan fingerprint density at radius 3 is 2.95 bits per heavy atom. The number of fused-ring (bicyclic) bond motifs is 1. The van der Waals surface area contributed by atoms with Gasteiger partial charge in [0, 0.05) is 6.20 Å². The van der Waals surface area contributed by atoms with Gasteiger partial charge in [-0.2, -0.15) is 0 Å². The highest BCUT2D eigenvalue weighted by molar-refractivity contribution is 6.33. The van der Waals surface area contributed by atoms with E-state index in [1.165, 1.54) is 5.56 Å². The average molecular weight is 302 g/mol. The smallest absolute Gasteiger partial charge is 0.136 e. The quantitative estimate of drug-likeness (QED) is 0.776. The zero-order valence-electron chi connectivity index (χ0n) is 11.7. The summed E-state index contributed by atoms with van der Waals surface area (Å²) in [5.74, 6) is 0. The number of hydrogen-bond acceptors (Lipinski definition) is 3. The lowest BCUT2D eigenvalue weighted by Crippen LogP contribution is -2.03. The van der Waals surface area contributed by atoms with Gasteiger partial charge in [-0.15, -0.1) is 0 Å². The first kappa shape index (κ1) is 13.9. The highest BCUT2D eigenvalue weighted by Crippen LogP contribution is 2.24. The summed E-state index contributed by atoms with van der Waals surface area (Å²) in [5.41, 5.74) is 4.80. The number of rotatable bonds is 4. The van der Waals surface area contributed by atoms with Crippen LogP contribution < -0.4 is 5.32 Å². The summed E-state index contributed by atoms with van der Waals surface area (Å²) in [6.07, 6.45) is 3.91. The second-order valence-electron chi connectivity index (χ2n) is 5.01. The van der Waals surface area contributed by atoms with Crippen LogP contribution in [0.25, 0.3) is 5.65 Å². The van der Waals surface area contributed by atoms with Crippen molar-refractivity contribution in [3.63, 3.8) is 0 Å². The predicted octanol–water partition coefficient (Wildman–Crippen LogP) is 3.40. The van der Waals surface area contributed by atoms with Crippen LogP contribution in [-0.4, -0.2) is 14.5 Å². The van der Waals surface area contributed by atoms with Gasteiger partial charge < -0.3 is 14.8 Å². The first-order valence-electron chi connectivity index (χ1n) is 6.73. The summed E-state index contributed by atoms with van der Waals surface area (Å²) in [7, 11) is 0. The van der Waals surface area contributed by atoms with Crippen molar-refractivity contribution in [3.05, 3.63) is 64.6 Å². The van der Waals surface area contributed by atoms with E-state index >= 15 is 0 Å². The number of halogens is 1. The standard InChI is InChI=1S/C16H16ClN3O/c1-11-2-5-16-19-8-13(20(16)9-11)7-18-15-6-12(10-21)3-4-14(15)17/h2-6,8-9,18,21H,7,10H2,1H3. The fraction of sp³-hybridized carbons (Fsp3) is 0.188. The van der Waals surface area contributed by atoms with Crippen molar-refractivity contribution >= 4 is 22.9 Å². The number of aliphatic hydroxyl groups excluding tert-OH is 1. The number of nitrogens with zero attached hydrogens (tertiary/aromatic N) is 2. The molecule has 21 heavy (non-hydrogen) atoms. The fourth-order valence-electron chi connectivity index (χ4n) is 2.26. The predicted molar refractivity (Wildman–Crippen MR) is 84.6 cm³/mol. The Labute approximate surface area is 128 Å². The largest absolute Gasteiger partial charge is 0.392 e. The summed E-state index contributed by atoms with van der Waals surface area (Å²) in [6, 6.07) is 9.50. The summed E-state index contributed by atoms with van der Waals surface area (Å²) >= 11 is 6.17. The molecule has 3 rings (SSSR count). The van der Waals surface area contributed by atoms with Crippen molar-refractivity contribution < 1.29 is 5.11 Å². The minimum atomic E-state index is 0.000652. The molecule has 0 radical (unpaired) electrons. The Hall–Kier alpha value is -2.04. The van der Waals surface area contributed by atoms with E-state index in [1.807, 2.05) is 30.5 Å². The van der Waals surface area contributed by atoms with Crippen LogP contribution in [0.1, 0.15) is 16.8 Å². The van der Waals surface area contributed by atoms with E-state index in [4.69, 9.17) is 11.6 Å². The molecule has 0 saturated heterocycles. The van der Waals surface area contributed by atoms with Crippen LogP contribution in [0, 0.1) is 6.92 Å². The summed E-state index contributed by atoms with van der Waals surface area (Å²) in [5, 5.41) is 13.1. The molecule has 108 valence electrons. The zero-order valence-corrected chi connectivity index (χ0v) is 12.4. The minimum Gasteiger partial charge on any atom is -0.392 e. The van der Waals surface area contributed by atoms with Gasteiger partial charge in [-0.1, -0.05) is 23.7 Å². The van der Waals surface area contributed by atoms with Crippen molar-refractivity contribution in [3.8, 4) is 0 Å². The zero-order chi connectivity index (χ0) is 14.8. The number of benzene rings is 1. The fourth-order valence-corrected chi connectivity index (χ4v) is 2.44. The number of aliphatic hydroxyl groups is 1. The van der Waals surface area contributed by atoms with Gasteiger partial charge in [0.2, 0.25) is 0 Å². The molecule has 4 nitrogen and oxygen atoms in total. The van der Waals surface area contributed by atoms with Gasteiger partial charge in [-0.25, -0.2) is 4.98 Å². The third-order valence-corrected chi connectivity index (χ3v) is 3.73. The molecule has 0 unspecified atom stereocenters. The van der Waals surface area contributed by atoms with E-state index < -0.39 is 0 Å². The summed E-state index contributed by atoms with van der Waals surface area (Å²) in [6.45, 7) is 2.66. The van der Waals surface area contributed by atoms with Crippen molar-refractivity contribution in [2.75, 3.05) is 5.32 Å². The van der Waals surface area contributed by atoms with Crippen LogP contribution in [0.2, 0.25) is 5.02 Å². The van der Waals surface area contributed by atoms with Gasteiger partial charge in [0.25, 0.3) is 0 Å². The summed E-state index contributed by atoms with van der Waals surface area (Å²) < 4.78 is 2.06. The second-order valence-corrected chi connectivity index (χ2v) is 5.42. The molecule has 0 bridgehead atoms. The van der Waals surface area contributed by atoms with Crippen molar-refractivity contribution in [2.45, 2.75) is 20.1 Å². The molecular weight excluding hydrogens is 286 g/mol. The molecule has 3 aromatic rings. The number of imidazole rings is 1. The van der Waals surface area contributed by atoms with Crippen LogP contribution in [0.4, 0.5) is 5.69 Å². The van der Waals surface area contributed by atoms with E-state index in [9.17, 15) is 5.11 Å². The lowest BCUT2D eigenvalue weighted by molar-refractivity contribution is 0.282. The minimum absolute atomic E-state index is 0.000652. The molecule has 0 saturated carbocycles. The molecule has 1 aromatic carbocycles. The Bertz CT molecular complexity index is 782. The highest BCUT2D eigenvalue weighted by atomic mass is 35.5. The van der Waals surface area contributed by atoms with Gasteiger partial charge >= 0.3 is 0 Å². The molecule has 0 atom stereocenters. The van der Waals surface area contributed by atoms with Crippen molar-refractivity contribution in [1.29, 1.82) is 0 Å². The lowest BCUT2D eigenvalue weighted by Gasteiger charge is -2.10. The first-order valence-corrected chi connectivity index (χ1v) is 7.11. The highest BCUT2D eigenvalue weighted by Gasteiger charge is 2.05. The molecule has 0 aliphatic heterocycles. The molecule has 5 heteroatoms. The molecule has 2 aromatic heterocycles. The SMILES string of the molecule is Cc1ccc2ncc(CNc3cc(CO)ccc3Cl)n2c1. The van der Waals surface area contributed by atoms with Crippen LogP contribution in [0.3, 0.4) is 0 Å². The van der Waals surface area contributed by atoms with E-state index in [0.717, 1.165) is 22.6 Å². The molecule has 0 fully saturated rings. The van der Waals surface area contributed by atoms with Crippen LogP contribution in [0.5, 0.6) is 0 Å². The average Bonchev–Trinajstić information content (AvgIpc) is 2.89. The van der Waals surface area contributed by atoms with Gasteiger partial charge in [-0.3, -0.25) is 0 Å². The molecule has 0 aliphatic carbocycles. The number of anilines is 1. The molecule has 0 aliphatic rings. The molecule has 2 N–H and O–H groups in total. The van der Waals surface area contributed by atoms with Crippen LogP contribution >= 0.6 is 11.6 Å². The topological polar surface area (TPSA) is 49.6 Å². The molecule has 0 amide bonds. The normalized spacial score (nSPS) is 11.0. The number of hydrogen-bond donors (Lipinski definition) is 2. The number of aryl methyl sites for hydroxylation is 1. The van der Waals surface area contributed by atoms with E-state index in [0.29, 0.717) is 11.6 Å². The van der Waals surface area contributed by atoms with E-state index in [-0.39, 0.29) is 6.61 Å². The van der Waals surface area contributed by atoms with Crippen molar-refractivity contribution in [1.82, 2.24) is 9.38 Å².